The number of benzene rings is 1. The number of halogens is 5. The number of anilines is 2. The number of alkyl halides is 3. The number of carbonyl (C=O) groups excluding carboxylic acids is 1. The van der Waals surface area contributed by atoms with Crippen LogP contribution in [0, 0.1) is 5.92 Å². The lowest BCUT2D eigenvalue weighted by atomic mass is 10.1. The second-order valence-corrected chi connectivity index (χ2v) is 5.30. The van der Waals surface area contributed by atoms with Gasteiger partial charge in [0.2, 0.25) is 5.91 Å². The second-order valence-electron chi connectivity index (χ2n) is 5.30. The third-order valence-corrected chi connectivity index (χ3v) is 3.49. The Morgan fingerprint density at radius 3 is 2.43 bits per heavy atom. The van der Waals surface area contributed by atoms with Crippen LogP contribution < -0.4 is 15.5 Å². The molecule has 2 rings (SSSR count). The highest BCUT2D eigenvalue weighted by Gasteiger charge is 2.32. The number of nitrogens with zero attached hydrogens (tertiary/aromatic N) is 1. The zero-order valence-electron chi connectivity index (χ0n) is 12.7. The van der Waals surface area contributed by atoms with Crippen LogP contribution in [-0.2, 0) is 11.0 Å². The SMILES string of the molecule is CN(C)c1ccc(C(F)(F)F)cc1NC(=O)C1CCNC1.Cl.Cl. The molecule has 0 bridgehead atoms. The minimum absolute atomic E-state index is 0. The Bertz CT molecular complexity index is 532. The van der Waals surface area contributed by atoms with Gasteiger partial charge in [0.05, 0.1) is 22.9 Å². The Morgan fingerprint density at radius 2 is 1.96 bits per heavy atom. The molecule has 0 spiro atoms. The molecular weight excluding hydrogens is 354 g/mol. The molecule has 0 aromatic heterocycles. The van der Waals surface area contributed by atoms with Gasteiger partial charge in [0, 0.05) is 20.6 Å². The minimum Gasteiger partial charge on any atom is -0.376 e. The van der Waals surface area contributed by atoms with Gasteiger partial charge < -0.3 is 15.5 Å². The maximum Gasteiger partial charge on any atom is 0.416 e. The quantitative estimate of drug-likeness (QED) is 0.855. The lowest BCUT2D eigenvalue weighted by Crippen LogP contribution is -2.26. The fourth-order valence-corrected chi connectivity index (χ4v) is 2.32. The molecule has 1 aliphatic rings. The van der Waals surface area contributed by atoms with E-state index in [0.717, 1.165) is 18.7 Å². The predicted octanol–water partition coefficient (Wildman–Crippen LogP) is 3.16. The van der Waals surface area contributed by atoms with Crippen molar-refractivity contribution in [2.75, 3.05) is 37.4 Å². The first kappa shape index (κ1) is 21.8. The Labute approximate surface area is 145 Å². The molecule has 1 atom stereocenters. The zero-order valence-corrected chi connectivity index (χ0v) is 14.4. The van der Waals surface area contributed by atoms with E-state index in [4.69, 9.17) is 0 Å². The van der Waals surface area contributed by atoms with Crippen LogP contribution in [0.1, 0.15) is 12.0 Å². The van der Waals surface area contributed by atoms with E-state index in [1.165, 1.54) is 6.07 Å². The lowest BCUT2D eigenvalue weighted by molar-refractivity contribution is -0.137. The molecule has 0 aliphatic carbocycles. The van der Waals surface area contributed by atoms with Gasteiger partial charge in [-0.05, 0) is 31.2 Å². The van der Waals surface area contributed by atoms with Crippen LogP contribution in [0.25, 0.3) is 0 Å². The second kappa shape index (κ2) is 8.61. The Morgan fingerprint density at radius 1 is 1.30 bits per heavy atom. The fraction of sp³-hybridized carbons (Fsp3) is 0.500. The zero-order chi connectivity index (χ0) is 15.6. The molecule has 0 radical (unpaired) electrons. The van der Waals surface area contributed by atoms with E-state index in [0.29, 0.717) is 18.7 Å². The van der Waals surface area contributed by atoms with Gasteiger partial charge in [0.15, 0.2) is 0 Å². The average molecular weight is 374 g/mol. The van der Waals surface area contributed by atoms with Gasteiger partial charge in [-0.2, -0.15) is 13.2 Å². The molecule has 1 aromatic rings. The highest BCUT2D eigenvalue weighted by Crippen LogP contribution is 2.35. The van der Waals surface area contributed by atoms with Gasteiger partial charge in [-0.1, -0.05) is 0 Å². The van der Waals surface area contributed by atoms with Crippen LogP contribution >= 0.6 is 24.8 Å². The number of amides is 1. The highest BCUT2D eigenvalue weighted by molar-refractivity contribution is 5.96. The molecule has 1 fully saturated rings. The largest absolute Gasteiger partial charge is 0.416 e. The number of carbonyl (C=O) groups is 1. The van der Waals surface area contributed by atoms with E-state index < -0.39 is 11.7 Å². The summed E-state index contributed by atoms with van der Waals surface area (Å²) < 4.78 is 38.4. The van der Waals surface area contributed by atoms with Crippen LogP contribution in [0.4, 0.5) is 24.5 Å². The number of hydrogen-bond acceptors (Lipinski definition) is 3. The van der Waals surface area contributed by atoms with E-state index in [1.807, 2.05) is 0 Å². The van der Waals surface area contributed by atoms with Gasteiger partial charge in [-0.15, -0.1) is 24.8 Å². The third-order valence-electron chi connectivity index (χ3n) is 3.49. The predicted molar refractivity (Wildman–Crippen MR) is 89.9 cm³/mol. The van der Waals surface area contributed by atoms with Gasteiger partial charge in [0.25, 0.3) is 0 Å². The summed E-state index contributed by atoms with van der Waals surface area (Å²) >= 11 is 0. The van der Waals surface area contributed by atoms with Crippen molar-refractivity contribution in [3.05, 3.63) is 23.8 Å². The minimum atomic E-state index is -4.43. The van der Waals surface area contributed by atoms with Crippen molar-refractivity contribution in [3.8, 4) is 0 Å². The molecule has 1 heterocycles. The van der Waals surface area contributed by atoms with Crippen molar-refractivity contribution in [3.63, 3.8) is 0 Å². The summed E-state index contributed by atoms with van der Waals surface area (Å²) in [5, 5.41) is 5.69. The molecule has 9 heteroatoms. The van der Waals surface area contributed by atoms with Crippen molar-refractivity contribution in [2.45, 2.75) is 12.6 Å². The van der Waals surface area contributed by atoms with Crippen LogP contribution in [0.5, 0.6) is 0 Å². The topological polar surface area (TPSA) is 44.4 Å². The molecule has 2 N–H and O–H groups in total. The number of rotatable bonds is 3. The van der Waals surface area contributed by atoms with Crippen molar-refractivity contribution in [1.29, 1.82) is 0 Å². The first-order valence-electron chi connectivity index (χ1n) is 6.69. The standard InChI is InChI=1S/C14H18F3N3O.2ClH/c1-20(2)12-4-3-10(14(15,16)17)7-11(12)19-13(21)9-5-6-18-8-9;;/h3-4,7,9,18H,5-6,8H2,1-2H3,(H,19,21);2*1H. The Hall–Kier alpha value is -1.18. The molecule has 1 aliphatic heterocycles. The highest BCUT2D eigenvalue weighted by atomic mass is 35.5. The molecule has 1 amide bonds. The van der Waals surface area contributed by atoms with Crippen molar-refractivity contribution in [1.82, 2.24) is 5.32 Å². The summed E-state index contributed by atoms with van der Waals surface area (Å²) in [5.74, 6) is -0.447. The Balaban J connectivity index is 0.00000242. The van der Waals surface area contributed by atoms with Gasteiger partial charge >= 0.3 is 6.18 Å². The first-order valence-corrected chi connectivity index (χ1v) is 6.69. The van der Waals surface area contributed by atoms with Gasteiger partial charge in [0.1, 0.15) is 0 Å². The smallest absolute Gasteiger partial charge is 0.376 e. The van der Waals surface area contributed by atoms with Crippen molar-refractivity contribution >= 4 is 42.1 Å². The summed E-state index contributed by atoms with van der Waals surface area (Å²) in [6.45, 7) is 1.31. The summed E-state index contributed by atoms with van der Waals surface area (Å²) in [5.41, 5.74) is -0.0398. The van der Waals surface area contributed by atoms with Crippen molar-refractivity contribution < 1.29 is 18.0 Å². The summed E-state index contributed by atoms with van der Waals surface area (Å²) in [7, 11) is 3.44. The van der Waals surface area contributed by atoms with E-state index in [2.05, 4.69) is 10.6 Å². The first-order chi connectivity index (χ1) is 9.79. The molecule has 1 aromatic carbocycles. The Kier molecular flexibility index (Phi) is 8.17. The summed E-state index contributed by atoms with van der Waals surface area (Å²) in [4.78, 5) is 13.8. The van der Waals surface area contributed by atoms with E-state index >= 15 is 0 Å². The summed E-state index contributed by atoms with van der Waals surface area (Å²) in [6, 6.07) is 3.36. The van der Waals surface area contributed by atoms with Crippen molar-refractivity contribution in [2.24, 2.45) is 5.92 Å². The number of nitrogens with one attached hydrogen (secondary N) is 2. The van der Waals surface area contributed by atoms with Crippen LogP contribution in [0.2, 0.25) is 0 Å². The van der Waals surface area contributed by atoms with Gasteiger partial charge in [-0.3, -0.25) is 4.79 Å². The van der Waals surface area contributed by atoms with Crippen LogP contribution in [0.15, 0.2) is 18.2 Å². The maximum absolute atomic E-state index is 12.8. The fourth-order valence-electron chi connectivity index (χ4n) is 2.32. The lowest BCUT2D eigenvalue weighted by Gasteiger charge is -2.20. The molecule has 23 heavy (non-hydrogen) atoms. The van der Waals surface area contributed by atoms with E-state index in [9.17, 15) is 18.0 Å². The molecule has 132 valence electrons. The number of hydrogen-bond donors (Lipinski definition) is 2. The normalized spacial score (nSPS) is 17.0. The van der Waals surface area contributed by atoms with Crippen LogP contribution in [0.3, 0.4) is 0 Å². The van der Waals surface area contributed by atoms with E-state index in [-0.39, 0.29) is 42.3 Å². The third kappa shape index (κ3) is 5.44. The molecule has 4 nitrogen and oxygen atoms in total. The van der Waals surface area contributed by atoms with Crippen LogP contribution in [-0.4, -0.2) is 33.1 Å². The molecule has 0 saturated carbocycles. The average Bonchev–Trinajstić information content (AvgIpc) is 2.91. The van der Waals surface area contributed by atoms with E-state index in [1.54, 1.807) is 19.0 Å². The molecular formula is C14H20Cl2F3N3O. The summed E-state index contributed by atoms with van der Waals surface area (Å²) in [6.07, 6.45) is -3.73. The monoisotopic (exact) mass is 373 g/mol. The molecule has 1 saturated heterocycles. The maximum atomic E-state index is 12.8. The van der Waals surface area contributed by atoms with Gasteiger partial charge in [-0.25, -0.2) is 0 Å². The molecule has 1 unspecified atom stereocenters.